The van der Waals surface area contributed by atoms with Crippen LogP contribution in [0.3, 0.4) is 0 Å². The molecule has 2 saturated carbocycles. The van der Waals surface area contributed by atoms with Crippen molar-refractivity contribution in [2.45, 2.75) is 88.3 Å². The Kier molecular flexibility index (Phi) is 6.99. The number of phenolic OH excluding ortho intramolecular Hbond substituents is 1. The smallest absolute Gasteiger partial charge is 0.223 e. The van der Waals surface area contributed by atoms with Crippen molar-refractivity contribution in [2.75, 3.05) is 19.6 Å². The third-order valence-electron chi connectivity index (χ3n) is 8.80. The second kappa shape index (κ2) is 10.0. The number of fused-ring (bicyclic) bond motifs is 1. The molecule has 1 aromatic carbocycles. The molecule has 7 nitrogen and oxygen atoms in total. The molecule has 0 radical (unpaired) electrons. The first-order valence-corrected chi connectivity index (χ1v) is 13.4. The number of amides is 1. The summed E-state index contributed by atoms with van der Waals surface area (Å²) in [7, 11) is 0. The summed E-state index contributed by atoms with van der Waals surface area (Å²) in [4.78, 5) is 41.4. The third kappa shape index (κ3) is 5.31. The molecule has 0 unspecified atom stereocenters. The summed E-state index contributed by atoms with van der Waals surface area (Å²) in [5, 5.41) is 22.2. The Bertz CT molecular complexity index is 976. The van der Waals surface area contributed by atoms with Crippen LogP contribution >= 0.6 is 0 Å². The molecule has 1 aromatic rings. The number of hydrogen-bond donors (Lipinski definition) is 2. The number of ketones is 1. The van der Waals surface area contributed by atoms with Crippen molar-refractivity contribution < 1.29 is 24.6 Å². The van der Waals surface area contributed by atoms with Crippen LogP contribution in [0.1, 0.15) is 68.9 Å². The third-order valence-corrected chi connectivity index (χ3v) is 8.80. The van der Waals surface area contributed by atoms with E-state index in [1.807, 2.05) is 12.1 Å². The van der Waals surface area contributed by atoms with Crippen LogP contribution < -0.4 is 0 Å². The highest BCUT2D eigenvalue weighted by Gasteiger charge is 2.48. The molecule has 1 saturated heterocycles. The number of likely N-dealkylation sites (tertiary alicyclic amines) is 1. The first-order valence-electron chi connectivity index (χ1n) is 13.4. The average Bonchev–Trinajstić information content (AvgIpc) is 3.51. The molecule has 3 fully saturated rings. The van der Waals surface area contributed by atoms with E-state index in [0.717, 1.165) is 49.8 Å². The van der Waals surface area contributed by atoms with Gasteiger partial charge in [-0.25, -0.2) is 0 Å². The number of hydrogen-bond acceptors (Lipinski definition) is 6. The molecule has 190 valence electrons. The van der Waals surface area contributed by atoms with Gasteiger partial charge in [0.15, 0.2) is 0 Å². The Morgan fingerprint density at radius 1 is 1.11 bits per heavy atom. The van der Waals surface area contributed by atoms with E-state index in [9.17, 15) is 24.6 Å². The lowest BCUT2D eigenvalue weighted by Gasteiger charge is -2.47. The van der Waals surface area contributed by atoms with Crippen LogP contribution in [0.2, 0.25) is 0 Å². The molecule has 4 aliphatic rings. The second-order valence-corrected chi connectivity index (χ2v) is 11.3. The minimum absolute atomic E-state index is 0.0507. The van der Waals surface area contributed by atoms with Gasteiger partial charge in [0, 0.05) is 37.9 Å². The Balaban J connectivity index is 1.38. The maximum Gasteiger partial charge on any atom is 0.223 e. The highest BCUT2D eigenvalue weighted by atomic mass is 16.3. The lowest BCUT2D eigenvalue weighted by molar-refractivity contribution is -0.145. The minimum Gasteiger partial charge on any atom is -0.508 e. The van der Waals surface area contributed by atoms with Crippen LogP contribution in [0.25, 0.3) is 0 Å². The molecule has 5 rings (SSSR count). The summed E-state index contributed by atoms with van der Waals surface area (Å²) in [5.74, 6) is 0.344. The fraction of sp³-hybridized carbons (Fsp3) is 0.679. The van der Waals surface area contributed by atoms with Crippen LogP contribution in [-0.4, -0.2) is 75.3 Å². The Morgan fingerprint density at radius 3 is 2.71 bits per heavy atom. The summed E-state index contributed by atoms with van der Waals surface area (Å²) >= 11 is 0. The highest BCUT2D eigenvalue weighted by molar-refractivity contribution is 5.89. The number of phenols is 1. The van der Waals surface area contributed by atoms with Gasteiger partial charge in [-0.2, -0.15) is 0 Å². The molecule has 4 atom stereocenters. The van der Waals surface area contributed by atoms with Gasteiger partial charge in [0.25, 0.3) is 0 Å². The number of aldehydes is 1. The van der Waals surface area contributed by atoms with E-state index in [-0.39, 0.29) is 48.8 Å². The van der Waals surface area contributed by atoms with Gasteiger partial charge in [-0.1, -0.05) is 6.07 Å². The van der Waals surface area contributed by atoms with E-state index in [1.54, 1.807) is 11.0 Å². The fourth-order valence-electron chi connectivity index (χ4n) is 6.64. The van der Waals surface area contributed by atoms with Gasteiger partial charge in [0.1, 0.15) is 17.8 Å². The highest BCUT2D eigenvalue weighted by Crippen LogP contribution is 2.41. The number of nitrogens with zero attached hydrogens (tertiary/aromatic N) is 2. The van der Waals surface area contributed by atoms with Gasteiger partial charge in [0.05, 0.1) is 11.6 Å². The van der Waals surface area contributed by atoms with Gasteiger partial charge in [-0.05, 0) is 93.5 Å². The van der Waals surface area contributed by atoms with E-state index in [0.29, 0.717) is 31.7 Å². The second-order valence-electron chi connectivity index (χ2n) is 11.3. The van der Waals surface area contributed by atoms with Crippen molar-refractivity contribution >= 4 is 18.0 Å². The van der Waals surface area contributed by atoms with Crippen LogP contribution in [-0.2, 0) is 27.2 Å². The Labute approximate surface area is 207 Å². The Morgan fingerprint density at radius 2 is 1.94 bits per heavy atom. The van der Waals surface area contributed by atoms with Crippen LogP contribution in [0.15, 0.2) is 18.2 Å². The summed E-state index contributed by atoms with van der Waals surface area (Å²) < 4.78 is 0. The van der Waals surface area contributed by atoms with Crippen LogP contribution in [0, 0.1) is 11.8 Å². The normalized spacial score (nSPS) is 32.1. The van der Waals surface area contributed by atoms with E-state index in [2.05, 4.69) is 4.90 Å². The lowest BCUT2D eigenvalue weighted by Crippen LogP contribution is -2.58. The molecule has 0 aromatic heterocycles. The zero-order valence-electron chi connectivity index (χ0n) is 20.5. The van der Waals surface area contributed by atoms with Crippen LogP contribution in [0.4, 0.5) is 0 Å². The average molecular weight is 483 g/mol. The maximum atomic E-state index is 13.0. The fourth-order valence-corrected chi connectivity index (χ4v) is 6.64. The molecule has 1 amide bonds. The zero-order valence-corrected chi connectivity index (χ0v) is 20.5. The van der Waals surface area contributed by atoms with Crippen molar-refractivity contribution in [1.82, 2.24) is 9.80 Å². The van der Waals surface area contributed by atoms with Crippen LogP contribution in [0.5, 0.6) is 5.75 Å². The standard InChI is InChI=1S/C28H38N2O5/c31-18-23-4-2-12-30(23)27(34)15-22-16-28(35,10-9-25(22)33)26-14-21-7-8-24(32)13-20(21)3-1-11-29(26)17-19-5-6-19/h7-8,13,18-19,22-23,26,32,35H,1-6,9-12,14-17H2/t22-,23-,26+,28+/m0/s1. The first kappa shape index (κ1) is 24.4. The predicted octanol–water partition coefficient (Wildman–Crippen LogP) is 2.64. The zero-order chi connectivity index (χ0) is 24.6. The van der Waals surface area contributed by atoms with Crippen molar-refractivity contribution in [2.24, 2.45) is 11.8 Å². The summed E-state index contributed by atoms with van der Waals surface area (Å²) in [5.41, 5.74) is 1.23. The number of aryl methyl sites for hydroxylation is 1. The quantitative estimate of drug-likeness (QED) is 0.605. The molecule has 0 bridgehead atoms. The molecule has 2 N–H and O–H groups in total. The van der Waals surface area contributed by atoms with E-state index < -0.39 is 11.5 Å². The van der Waals surface area contributed by atoms with Gasteiger partial charge < -0.3 is 19.9 Å². The number of carbonyl (C=O) groups excluding carboxylic acids is 3. The van der Waals surface area contributed by atoms with Crippen molar-refractivity contribution in [1.29, 1.82) is 0 Å². The topological polar surface area (TPSA) is 98.2 Å². The Hall–Kier alpha value is -2.25. The van der Waals surface area contributed by atoms with Crippen molar-refractivity contribution in [3.05, 3.63) is 29.3 Å². The predicted molar refractivity (Wildman–Crippen MR) is 131 cm³/mol. The number of carbonyl (C=O) groups is 3. The van der Waals surface area contributed by atoms with E-state index >= 15 is 0 Å². The van der Waals surface area contributed by atoms with Gasteiger partial charge in [-0.3, -0.25) is 14.5 Å². The summed E-state index contributed by atoms with van der Waals surface area (Å²) in [6.07, 6.45) is 8.38. The van der Waals surface area contributed by atoms with E-state index in [4.69, 9.17) is 0 Å². The van der Waals surface area contributed by atoms with Gasteiger partial charge in [-0.15, -0.1) is 0 Å². The molecule has 2 aliphatic carbocycles. The maximum absolute atomic E-state index is 13.0. The number of aromatic hydroxyl groups is 1. The molecule has 7 heteroatoms. The number of benzene rings is 1. The van der Waals surface area contributed by atoms with Crippen molar-refractivity contribution in [3.63, 3.8) is 0 Å². The molecular formula is C28H38N2O5. The molecule has 2 aliphatic heterocycles. The SMILES string of the molecule is O=C[C@@H]1CCCN1C(=O)C[C@H]1C[C@@](O)([C@H]2Cc3ccc(O)cc3CCCN2CC2CC2)CCC1=O. The molecule has 2 heterocycles. The molecule has 0 spiro atoms. The van der Waals surface area contributed by atoms with Gasteiger partial charge in [0.2, 0.25) is 5.91 Å². The molecular weight excluding hydrogens is 444 g/mol. The number of rotatable bonds is 6. The van der Waals surface area contributed by atoms with E-state index in [1.165, 1.54) is 12.8 Å². The largest absolute Gasteiger partial charge is 0.508 e. The summed E-state index contributed by atoms with van der Waals surface area (Å²) in [6, 6.07) is 5.03. The summed E-state index contributed by atoms with van der Waals surface area (Å²) in [6.45, 7) is 2.41. The number of aliphatic hydroxyl groups is 1. The lowest BCUT2D eigenvalue weighted by atomic mass is 9.70. The first-order chi connectivity index (χ1) is 16.9. The van der Waals surface area contributed by atoms with Gasteiger partial charge >= 0.3 is 0 Å². The monoisotopic (exact) mass is 482 g/mol. The molecule has 35 heavy (non-hydrogen) atoms. The number of Topliss-reactive ketones (excluding diaryl/α,β-unsaturated/α-hetero) is 1. The van der Waals surface area contributed by atoms with Crippen molar-refractivity contribution in [3.8, 4) is 5.75 Å². The minimum atomic E-state index is -1.06.